The van der Waals surface area contributed by atoms with E-state index in [1.807, 2.05) is 4.90 Å². The number of piperazine rings is 1. The van der Waals surface area contributed by atoms with E-state index < -0.39 is 0 Å². The number of hydrogen-bond acceptors (Lipinski definition) is 4. The highest BCUT2D eigenvalue weighted by molar-refractivity contribution is 6.04. The van der Waals surface area contributed by atoms with E-state index in [1.54, 1.807) is 30.3 Å². The van der Waals surface area contributed by atoms with Crippen molar-refractivity contribution in [1.29, 1.82) is 0 Å². The lowest BCUT2D eigenvalue weighted by atomic mass is 10.0. The Morgan fingerprint density at radius 1 is 1.07 bits per heavy atom. The van der Waals surface area contributed by atoms with Crippen LogP contribution in [0.1, 0.15) is 22.1 Å². The Morgan fingerprint density at radius 2 is 1.78 bits per heavy atom. The summed E-state index contributed by atoms with van der Waals surface area (Å²) in [5, 5.41) is 8.33. The monoisotopic (exact) mass is 366 g/mol. The Bertz CT molecular complexity index is 1020. The summed E-state index contributed by atoms with van der Waals surface area (Å²) in [7, 11) is 0. The fourth-order valence-corrected chi connectivity index (χ4v) is 3.36. The molecule has 4 rings (SSSR count). The zero-order valence-corrected chi connectivity index (χ0v) is 14.9. The first-order chi connectivity index (χ1) is 13.0. The van der Waals surface area contributed by atoms with Crippen molar-refractivity contribution in [2.45, 2.75) is 6.92 Å². The van der Waals surface area contributed by atoms with E-state index in [0.29, 0.717) is 40.8 Å². The molecule has 0 bridgehead atoms. The van der Waals surface area contributed by atoms with Gasteiger partial charge in [-0.1, -0.05) is 0 Å². The second-order valence-corrected chi connectivity index (χ2v) is 6.56. The van der Waals surface area contributed by atoms with Crippen LogP contribution >= 0.6 is 0 Å². The van der Waals surface area contributed by atoms with E-state index in [4.69, 9.17) is 0 Å². The van der Waals surface area contributed by atoms with Crippen LogP contribution in [0.15, 0.2) is 42.5 Å². The predicted molar refractivity (Wildman–Crippen MR) is 100 cm³/mol. The first-order valence-electron chi connectivity index (χ1n) is 8.84. The normalized spacial score (nSPS) is 14.5. The number of nitrogens with zero attached hydrogens (tertiary/aromatic N) is 3. The lowest BCUT2D eigenvalue weighted by Gasteiger charge is -2.27. The average molecular weight is 366 g/mol. The number of hydrogen-bond donors (Lipinski definition) is 1. The van der Waals surface area contributed by atoms with E-state index in [1.165, 1.54) is 23.7 Å². The van der Waals surface area contributed by atoms with Crippen LogP contribution in [0, 0.1) is 5.82 Å². The smallest absolute Gasteiger partial charge is 0.253 e. The maximum absolute atomic E-state index is 13.3. The minimum absolute atomic E-state index is 0.0426. The fraction of sp³-hybridized carbons (Fsp3) is 0.250. The molecule has 0 atom stereocenters. The highest BCUT2D eigenvalue weighted by Gasteiger charge is 2.21. The van der Waals surface area contributed by atoms with Crippen molar-refractivity contribution in [3.63, 3.8) is 0 Å². The first-order valence-corrected chi connectivity index (χ1v) is 8.84. The number of carbonyl (C=O) groups excluding carboxylic acids is 2. The summed E-state index contributed by atoms with van der Waals surface area (Å²) in [5.74, 6) is -0.614. The molecule has 0 saturated carbocycles. The van der Waals surface area contributed by atoms with Crippen LogP contribution in [0.4, 0.5) is 4.39 Å². The van der Waals surface area contributed by atoms with E-state index in [9.17, 15) is 14.0 Å². The molecule has 27 heavy (non-hydrogen) atoms. The molecule has 1 aliphatic rings. The van der Waals surface area contributed by atoms with Crippen molar-refractivity contribution in [2.75, 3.05) is 26.2 Å². The molecule has 1 saturated heterocycles. The Hall–Kier alpha value is -3.06. The van der Waals surface area contributed by atoms with Crippen molar-refractivity contribution >= 4 is 22.7 Å². The standard InChI is InChI=1S/C20H19FN4O2/c1-13(26)25-18-7-4-15(20(27)24-10-8-22-9-11-24)12-17(18)19(23-25)14-2-5-16(21)6-3-14/h2-7,12,22H,8-11H2,1H3. The molecule has 1 N–H and O–H groups in total. The number of aromatic nitrogens is 2. The van der Waals surface area contributed by atoms with Crippen LogP contribution in [0.3, 0.4) is 0 Å². The predicted octanol–water partition coefficient (Wildman–Crippen LogP) is 2.55. The number of amides is 1. The summed E-state index contributed by atoms with van der Waals surface area (Å²) in [6, 6.07) is 11.2. The topological polar surface area (TPSA) is 67.2 Å². The van der Waals surface area contributed by atoms with Gasteiger partial charge in [-0.05, 0) is 42.5 Å². The summed E-state index contributed by atoms with van der Waals surface area (Å²) in [6.07, 6.45) is 0. The molecular weight excluding hydrogens is 347 g/mol. The van der Waals surface area contributed by atoms with Gasteiger partial charge < -0.3 is 10.2 Å². The largest absolute Gasteiger partial charge is 0.336 e. The van der Waals surface area contributed by atoms with Crippen molar-refractivity contribution < 1.29 is 14.0 Å². The molecule has 1 aromatic heterocycles. The molecule has 7 heteroatoms. The van der Waals surface area contributed by atoms with Gasteiger partial charge in [-0.2, -0.15) is 9.78 Å². The Balaban J connectivity index is 1.83. The van der Waals surface area contributed by atoms with E-state index in [0.717, 1.165) is 13.1 Å². The molecule has 1 amide bonds. The average Bonchev–Trinajstić information content (AvgIpc) is 3.08. The highest BCUT2D eigenvalue weighted by Crippen LogP contribution is 2.29. The molecule has 0 spiro atoms. The van der Waals surface area contributed by atoms with Crippen LogP contribution in [-0.2, 0) is 0 Å². The van der Waals surface area contributed by atoms with Gasteiger partial charge in [0, 0.05) is 49.6 Å². The maximum atomic E-state index is 13.3. The minimum atomic E-state index is -0.344. The van der Waals surface area contributed by atoms with Gasteiger partial charge in [0.05, 0.1) is 5.52 Å². The number of benzene rings is 2. The Kier molecular flexibility index (Phi) is 4.45. The third-order valence-corrected chi connectivity index (χ3v) is 4.75. The SMILES string of the molecule is CC(=O)n1nc(-c2ccc(F)cc2)c2cc(C(=O)N3CCNCC3)ccc21. The lowest BCUT2D eigenvalue weighted by Crippen LogP contribution is -2.46. The van der Waals surface area contributed by atoms with Gasteiger partial charge in [0.15, 0.2) is 0 Å². The van der Waals surface area contributed by atoms with Gasteiger partial charge in [-0.15, -0.1) is 0 Å². The molecule has 0 unspecified atom stereocenters. The molecule has 6 nitrogen and oxygen atoms in total. The summed E-state index contributed by atoms with van der Waals surface area (Å²) in [5.41, 5.74) is 2.41. The number of nitrogens with one attached hydrogen (secondary N) is 1. The summed E-state index contributed by atoms with van der Waals surface area (Å²) in [4.78, 5) is 26.6. The number of halogens is 1. The van der Waals surface area contributed by atoms with E-state index in [-0.39, 0.29) is 17.6 Å². The third kappa shape index (κ3) is 3.21. The van der Waals surface area contributed by atoms with Gasteiger partial charge in [0.1, 0.15) is 11.5 Å². The fourth-order valence-electron chi connectivity index (χ4n) is 3.36. The lowest BCUT2D eigenvalue weighted by molar-refractivity contribution is 0.0736. The van der Waals surface area contributed by atoms with E-state index in [2.05, 4.69) is 10.4 Å². The van der Waals surface area contributed by atoms with Crippen molar-refractivity contribution in [2.24, 2.45) is 0 Å². The molecule has 2 heterocycles. The quantitative estimate of drug-likeness (QED) is 0.757. The number of rotatable bonds is 2. The Morgan fingerprint density at radius 3 is 2.44 bits per heavy atom. The highest BCUT2D eigenvalue weighted by atomic mass is 19.1. The summed E-state index contributed by atoms with van der Waals surface area (Å²) in [6.45, 7) is 4.30. The van der Waals surface area contributed by atoms with Crippen molar-refractivity contribution in [1.82, 2.24) is 20.0 Å². The third-order valence-electron chi connectivity index (χ3n) is 4.75. The molecule has 0 aliphatic carbocycles. The van der Waals surface area contributed by atoms with Gasteiger partial charge in [0.25, 0.3) is 5.91 Å². The maximum Gasteiger partial charge on any atom is 0.253 e. The van der Waals surface area contributed by atoms with Crippen molar-refractivity contribution in [3.8, 4) is 11.3 Å². The number of carbonyl (C=O) groups is 2. The van der Waals surface area contributed by atoms with Gasteiger partial charge in [0.2, 0.25) is 5.91 Å². The molecule has 1 fully saturated rings. The van der Waals surface area contributed by atoms with Crippen LogP contribution < -0.4 is 5.32 Å². The zero-order chi connectivity index (χ0) is 19.0. The van der Waals surface area contributed by atoms with Crippen molar-refractivity contribution in [3.05, 3.63) is 53.8 Å². The first kappa shape index (κ1) is 17.4. The van der Waals surface area contributed by atoms with Crippen LogP contribution in [0.25, 0.3) is 22.2 Å². The molecule has 3 aromatic rings. The van der Waals surface area contributed by atoms with Gasteiger partial charge in [-0.25, -0.2) is 4.39 Å². The molecule has 138 valence electrons. The Labute approximate surface area is 155 Å². The molecule has 0 radical (unpaired) electrons. The summed E-state index contributed by atoms with van der Waals surface area (Å²) < 4.78 is 14.6. The van der Waals surface area contributed by atoms with Crippen LogP contribution in [-0.4, -0.2) is 52.7 Å². The molecule has 2 aromatic carbocycles. The zero-order valence-electron chi connectivity index (χ0n) is 14.9. The number of fused-ring (bicyclic) bond motifs is 1. The van der Waals surface area contributed by atoms with Gasteiger partial charge in [-0.3, -0.25) is 9.59 Å². The molecule has 1 aliphatic heterocycles. The minimum Gasteiger partial charge on any atom is -0.336 e. The summed E-state index contributed by atoms with van der Waals surface area (Å²) >= 11 is 0. The van der Waals surface area contributed by atoms with Crippen LogP contribution in [0.5, 0.6) is 0 Å². The second-order valence-electron chi connectivity index (χ2n) is 6.56. The van der Waals surface area contributed by atoms with Crippen LogP contribution in [0.2, 0.25) is 0 Å². The van der Waals surface area contributed by atoms with Gasteiger partial charge >= 0.3 is 0 Å². The second kappa shape index (κ2) is 6.92. The molecular formula is C20H19FN4O2. The van der Waals surface area contributed by atoms with E-state index >= 15 is 0 Å².